The van der Waals surface area contributed by atoms with Crippen molar-refractivity contribution in [2.24, 2.45) is 0 Å². The molecule has 3 N–H and O–H groups in total. The minimum Gasteiger partial charge on any atom is -0.506 e. The fourth-order valence-electron chi connectivity index (χ4n) is 2.08. The molecular formula is C17H16BrN3O5S. The number of rotatable bonds is 6. The van der Waals surface area contributed by atoms with Crippen LogP contribution < -0.4 is 15.4 Å². The molecule has 1 amide bonds. The number of carbonyl (C=O) groups excluding carboxylic acids is 1. The van der Waals surface area contributed by atoms with Crippen LogP contribution in [0.15, 0.2) is 40.9 Å². The number of phenolic OH excluding ortho intramolecular Hbond substituents is 1. The smallest absolute Gasteiger partial charge is 0.271 e. The molecule has 0 saturated carbocycles. The summed E-state index contributed by atoms with van der Waals surface area (Å²) in [7, 11) is 0. The molecule has 0 aromatic heterocycles. The molecule has 0 bridgehead atoms. The van der Waals surface area contributed by atoms with Gasteiger partial charge in [0.2, 0.25) is 0 Å². The van der Waals surface area contributed by atoms with Gasteiger partial charge in [-0.3, -0.25) is 20.2 Å². The summed E-state index contributed by atoms with van der Waals surface area (Å²) in [5.74, 6) is -0.366. The molecule has 0 atom stereocenters. The number of nitrogens with one attached hydrogen (secondary N) is 2. The molecule has 0 unspecified atom stereocenters. The highest BCUT2D eigenvalue weighted by Crippen LogP contribution is 2.28. The Labute approximate surface area is 168 Å². The molecule has 2 rings (SSSR count). The number of benzene rings is 2. The van der Waals surface area contributed by atoms with Gasteiger partial charge in [-0.2, -0.15) is 0 Å². The Balaban J connectivity index is 2.15. The SMILES string of the molecule is CCCOc1ccc(Br)cc1C(=O)NC(=S)Nc1cc([N+](=O)[O-])ccc1O. The van der Waals surface area contributed by atoms with E-state index >= 15 is 0 Å². The summed E-state index contributed by atoms with van der Waals surface area (Å²) in [6, 6.07) is 8.43. The first-order valence-electron chi connectivity index (χ1n) is 7.84. The van der Waals surface area contributed by atoms with Crippen molar-refractivity contribution >= 4 is 50.5 Å². The molecule has 2 aromatic carbocycles. The highest BCUT2D eigenvalue weighted by atomic mass is 79.9. The van der Waals surface area contributed by atoms with Crippen molar-refractivity contribution in [3.63, 3.8) is 0 Å². The van der Waals surface area contributed by atoms with Crippen LogP contribution in [-0.4, -0.2) is 27.7 Å². The average Bonchev–Trinajstić information content (AvgIpc) is 2.62. The molecule has 0 heterocycles. The standard InChI is InChI=1S/C17H16BrN3O5S/c1-2-7-26-15-6-3-10(18)8-12(15)16(23)20-17(27)19-13-9-11(21(24)25)4-5-14(13)22/h3-6,8-9,22H,2,7H2,1H3,(H2,19,20,23,27). The lowest BCUT2D eigenvalue weighted by Crippen LogP contribution is -2.34. The van der Waals surface area contributed by atoms with E-state index in [0.29, 0.717) is 16.8 Å². The van der Waals surface area contributed by atoms with Crippen molar-refractivity contribution in [2.75, 3.05) is 11.9 Å². The zero-order valence-corrected chi connectivity index (χ0v) is 16.6. The van der Waals surface area contributed by atoms with Crippen LogP contribution in [0.1, 0.15) is 23.7 Å². The third-order valence-electron chi connectivity index (χ3n) is 3.31. The second-order valence-electron chi connectivity index (χ2n) is 5.36. The maximum atomic E-state index is 12.5. The fraction of sp³-hybridized carbons (Fsp3) is 0.176. The van der Waals surface area contributed by atoms with Gasteiger partial charge in [0.1, 0.15) is 11.5 Å². The van der Waals surface area contributed by atoms with Crippen LogP contribution in [0.2, 0.25) is 0 Å². The van der Waals surface area contributed by atoms with Crippen molar-refractivity contribution in [3.8, 4) is 11.5 Å². The molecular weight excluding hydrogens is 438 g/mol. The Morgan fingerprint density at radius 2 is 2.07 bits per heavy atom. The maximum Gasteiger partial charge on any atom is 0.271 e. The van der Waals surface area contributed by atoms with E-state index in [9.17, 15) is 20.0 Å². The van der Waals surface area contributed by atoms with E-state index in [2.05, 4.69) is 26.6 Å². The monoisotopic (exact) mass is 453 g/mol. The molecule has 0 fully saturated rings. The van der Waals surface area contributed by atoms with E-state index in [-0.39, 0.29) is 27.8 Å². The van der Waals surface area contributed by atoms with E-state index < -0.39 is 10.8 Å². The number of nitro groups is 1. The van der Waals surface area contributed by atoms with Crippen molar-refractivity contribution in [1.82, 2.24) is 5.32 Å². The normalized spacial score (nSPS) is 10.1. The van der Waals surface area contributed by atoms with Crippen LogP contribution in [-0.2, 0) is 0 Å². The average molecular weight is 454 g/mol. The molecule has 0 aliphatic rings. The number of carbonyl (C=O) groups is 1. The molecule has 10 heteroatoms. The van der Waals surface area contributed by atoms with Crippen LogP contribution in [0, 0.1) is 10.1 Å². The Morgan fingerprint density at radius 1 is 1.33 bits per heavy atom. The van der Waals surface area contributed by atoms with Gasteiger partial charge < -0.3 is 15.2 Å². The number of nitrogens with zero attached hydrogens (tertiary/aromatic N) is 1. The maximum absolute atomic E-state index is 12.5. The number of hydrogen-bond donors (Lipinski definition) is 3. The summed E-state index contributed by atoms with van der Waals surface area (Å²) in [5.41, 5.74) is 0.0445. The topological polar surface area (TPSA) is 114 Å². The second-order valence-corrected chi connectivity index (χ2v) is 6.68. The lowest BCUT2D eigenvalue weighted by Gasteiger charge is -2.13. The van der Waals surface area contributed by atoms with Gasteiger partial charge >= 0.3 is 0 Å². The van der Waals surface area contributed by atoms with E-state index in [4.69, 9.17) is 17.0 Å². The molecule has 0 saturated heterocycles. The van der Waals surface area contributed by atoms with Crippen molar-refractivity contribution in [2.45, 2.75) is 13.3 Å². The number of halogens is 1. The third-order valence-corrected chi connectivity index (χ3v) is 4.01. The predicted octanol–water partition coefficient (Wildman–Crippen LogP) is 3.98. The first-order valence-corrected chi connectivity index (χ1v) is 9.04. The fourth-order valence-corrected chi connectivity index (χ4v) is 2.64. The van der Waals surface area contributed by atoms with Crippen LogP contribution in [0.5, 0.6) is 11.5 Å². The second kappa shape index (κ2) is 9.28. The van der Waals surface area contributed by atoms with Gasteiger partial charge in [-0.1, -0.05) is 22.9 Å². The predicted molar refractivity (Wildman–Crippen MR) is 108 cm³/mol. The number of phenols is 1. The highest BCUT2D eigenvalue weighted by Gasteiger charge is 2.16. The Bertz CT molecular complexity index is 891. The molecule has 0 spiro atoms. The number of anilines is 1. The molecule has 142 valence electrons. The van der Waals surface area contributed by atoms with Crippen LogP contribution >= 0.6 is 28.1 Å². The van der Waals surface area contributed by atoms with Gasteiger partial charge in [-0.15, -0.1) is 0 Å². The number of nitro benzene ring substituents is 1. The summed E-state index contributed by atoms with van der Waals surface area (Å²) in [6.07, 6.45) is 0.781. The van der Waals surface area contributed by atoms with Crippen molar-refractivity contribution in [1.29, 1.82) is 0 Å². The summed E-state index contributed by atoms with van der Waals surface area (Å²) in [6.45, 7) is 2.40. The summed E-state index contributed by atoms with van der Waals surface area (Å²) >= 11 is 8.37. The Kier molecular flexibility index (Phi) is 7.08. The van der Waals surface area contributed by atoms with Gasteiger partial charge in [0.15, 0.2) is 5.11 Å². The molecule has 8 nitrogen and oxygen atoms in total. The zero-order chi connectivity index (χ0) is 20.0. The largest absolute Gasteiger partial charge is 0.506 e. The van der Waals surface area contributed by atoms with Crippen molar-refractivity contribution < 1.29 is 19.6 Å². The lowest BCUT2D eigenvalue weighted by atomic mass is 10.2. The van der Waals surface area contributed by atoms with Crippen LogP contribution in [0.25, 0.3) is 0 Å². The number of hydrogen-bond acceptors (Lipinski definition) is 6. The summed E-state index contributed by atoms with van der Waals surface area (Å²) in [4.78, 5) is 22.8. The lowest BCUT2D eigenvalue weighted by molar-refractivity contribution is -0.384. The summed E-state index contributed by atoms with van der Waals surface area (Å²) in [5, 5.41) is 25.6. The first-order chi connectivity index (χ1) is 12.8. The minimum absolute atomic E-state index is 0.00574. The van der Waals surface area contributed by atoms with Gasteiger partial charge in [0.05, 0.1) is 22.8 Å². The van der Waals surface area contributed by atoms with Gasteiger partial charge in [0.25, 0.3) is 11.6 Å². The molecule has 0 radical (unpaired) electrons. The van der Waals surface area contributed by atoms with Gasteiger partial charge in [-0.05, 0) is 42.9 Å². The summed E-state index contributed by atoms with van der Waals surface area (Å²) < 4.78 is 6.25. The molecule has 0 aliphatic heterocycles. The highest BCUT2D eigenvalue weighted by molar-refractivity contribution is 9.10. The Morgan fingerprint density at radius 3 is 2.74 bits per heavy atom. The van der Waals surface area contributed by atoms with Crippen LogP contribution in [0.4, 0.5) is 11.4 Å². The minimum atomic E-state index is -0.606. The molecule has 0 aliphatic carbocycles. The third kappa shape index (κ3) is 5.63. The van der Waals surface area contributed by atoms with Gasteiger partial charge in [0, 0.05) is 16.6 Å². The van der Waals surface area contributed by atoms with E-state index in [1.54, 1.807) is 18.2 Å². The molecule has 2 aromatic rings. The zero-order valence-electron chi connectivity index (χ0n) is 14.2. The van der Waals surface area contributed by atoms with E-state index in [1.165, 1.54) is 0 Å². The number of thiocarbonyl (C=S) groups is 1. The van der Waals surface area contributed by atoms with E-state index in [0.717, 1.165) is 24.6 Å². The number of ether oxygens (including phenoxy) is 1. The van der Waals surface area contributed by atoms with Gasteiger partial charge in [-0.25, -0.2) is 0 Å². The van der Waals surface area contributed by atoms with E-state index in [1.807, 2.05) is 6.92 Å². The number of aromatic hydroxyl groups is 1. The number of amides is 1. The first kappa shape index (κ1) is 20.6. The van der Waals surface area contributed by atoms with Crippen LogP contribution in [0.3, 0.4) is 0 Å². The number of non-ortho nitro benzene ring substituents is 1. The molecule has 27 heavy (non-hydrogen) atoms. The quantitative estimate of drug-likeness (QED) is 0.262. The Hall–Kier alpha value is -2.72. The van der Waals surface area contributed by atoms with Crippen molar-refractivity contribution in [3.05, 3.63) is 56.5 Å².